The Labute approximate surface area is 173 Å². The molecule has 5 nitrogen and oxygen atoms in total. The summed E-state index contributed by atoms with van der Waals surface area (Å²) >= 11 is 0. The molecule has 0 saturated carbocycles. The molecule has 5 rings (SSSR count). The first kappa shape index (κ1) is 18.6. The van der Waals surface area contributed by atoms with Gasteiger partial charge in [-0.3, -0.25) is 4.79 Å². The van der Waals surface area contributed by atoms with Crippen LogP contribution in [0.1, 0.15) is 18.0 Å². The van der Waals surface area contributed by atoms with Gasteiger partial charge in [0.05, 0.1) is 0 Å². The lowest BCUT2D eigenvalue weighted by molar-refractivity contribution is 0.140. The third kappa shape index (κ3) is 3.38. The van der Waals surface area contributed by atoms with Gasteiger partial charge in [0.15, 0.2) is 0 Å². The Morgan fingerprint density at radius 2 is 1.80 bits per heavy atom. The van der Waals surface area contributed by atoms with Crippen molar-refractivity contribution >= 4 is 11.7 Å². The zero-order valence-electron chi connectivity index (χ0n) is 16.4. The zero-order chi connectivity index (χ0) is 20.7. The van der Waals surface area contributed by atoms with Gasteiger partial charge >= 0.3 is 6.03 Å². The Morgan fingerprint density at radius 3 is 2.60 bits per heavy atom. The van der Waals surface area contributed by atoms with E-state index in [2.05, 4.69) is 5.32 Å². The minimum absolute atomic E-state index is 0.0112. The predicted molar refractivity (Wildman–Crippen MR) is 114 cm³/mol. The number of rotatable bonds is 2. The minimum atomic E-state index is -0.385. The van der Waals surface area contributed by atoms with Gasteiger partial charge in [0.1, 0.15) is 5.82 Å². The highest BCUT2D eigenvalue weighted by molar-refractivity contribution is 5.89. The monoisotopic (exact) mass is 403 g/mol. The number of anilines is 1. The second-order valence-electron chi connectivity index (χ2n) is 8.09. The topological polar surface area (TPSA) is 54.3 Å². The number of aromatic nitrogens is 1. The average Bonchev–Trinajstić information content (AvgIpc) is 2.75. The number of fused-ring (bicyclic) bond motifs is 4. The Hall–Kier alpha value is -3.41. The molecule has 30 heavy (non-hydrogen) atoms. The molecule has 2 amide bonds. The number of hydrogen-bond donors (Lipinski definition) is 1. The normalized spacial score (nSPS) is 19.8. The third-order valence-electron chi connectivity index (χ3n) is 6.04. The summed E-state index contributed by atoms with van der Waals surface area (Å²) in [5.74, 6) is -0.0813. The van der Waals surface area contributed by atoms with Crippen LogP contribution in [0.2, 0.25) is 0 Å². The summed E-state index contributed by atoms with van der Waals surface area (Å²) in [5.41, 5.74) is 3.58. The van der Waals surface area contributed by atoms with Crippen molar-refractivity contribution in [2.75, 3.05) is 18.4 Å². The van der Waals surface area contributed by atoms with E-state index in [-0.39, 0.29) is 29.2 Å². The lowest BCUT2D eigenvalue weighted by Crippen LogP contribution is -2.50. The van der Waals surface area contributed by atoms with Gasteiger partial charge in [-0.05, 0) is 42.2 Å². The van der Waals surface area contributed by atoms with Gasteiger partial charge in [-0.2, -0.15) is 0 Å². The van der Waals surface area contributed by atoms with Crippen LogP contribution in [0.15, 0.2) is 71.5 Å². The molecule has 2 aromatic carbocycles. The smallest absolute Gasteiger partial charge is 0.321 e. The summed E-state index contributed by atoms with van der Waals surface area (Å²) < 4.78 is 15.4. The number of benzene rings is 2. The molecule has 0 spiro atoms. The van der Waals surface area contributed by atoms with Gasteiger partial charge in [-0.1, -0.05) is 36.4 Å². The van der Waals surface area contributed by atoms with Gasteiger partial charge in [0.2, 0.25) is 0 Å². The molecule has 0 aliphatic carbocycles. The number of nitrogens with one attached hydrogen (secondary N) is 1. The van der Waals surface area contributed by atoms with E-state index in [1.165, 1.54) is 12.1 Å². The highest BCUT2D eigenvalue weighted by Crippen LogP contribution is 2.39. The largest absolute Gasteiger partial charge is 0.324 e. The third-order valence-corrected chi connectivity index (χ3v) is 6.04. The van der Waals surface area contributed by atoms with E-state index in [0.717, 1.165) is 23.2 Å². The summed E-state index contributed by atoms with van der Waals surface area (Å²) in [6.45, 7) is 1.72. The molecule has 1 saturated heterocycles. The molecular formula is C24H22FN3O2. The van der Waals surface area contributed by atoms with Crippen molar-refractivity contribution in [2.45, 2.75) is 18.9 Å². The van der Waals surface area contributed by atoms with Crippen LogP contribution < -0.4 is 10.9 Å². The Kier molecular flexibility index (Phi) is 4.62. The molecule has 1 aromatic heterocycles. The maximum atomic E-state index is 13.5. The van der Waals surface area contributed by atoms with E-state index >= 15 is 0 Å². The van der Waals surface area contributed by atoms with E-state index in [4.69, 9.17) is 0 Å². The van der Waals surface area contributed by atoms with Crippen LogP contribution >= 0.6 is 0 Å². The van der Waals surface area contributed by atoms with E-state index in [1.807, 2.05) is 41.0 Å². The highest BCUT2D eigenvalue weighted by Gasteiger charge is 2.37. The molecule has 152 valence electrons. The number of pyridine rings is 1. The zero-order valence-corrected chi connectivity index (χ0v) is 16.4. The van der Waals surface area contributed by atoms with E-state index in [1.54, 1.807) is 23.1 Å². The molecule has 0 radical (unpaired) electrons. The average molecular weight is 403 g/mol. The first-order chi connectivity index (χ1) is 14.6. The minimum Gasteiger partial charge on any atom is -0.324 e. The van der Waals surface area contributed by atoms with Crippen molar-refractivity contribution < 1.29 is 9.18 Å². The van der Waals surface area contributed by atoms with Crippen LogP contribution in [0, 0.1) is 11.7 Å². The Bertz CT molecular complexity index is 1160. The molecule has 2 bridgehead atoms. The number of likely N-dealkylation sites (tertiary alicyclic amines) is 1. The second kappa shape index (κ2) is 7.44. The van der Waals surface area contributed by atoms with Crippen LogP contribution in [-0.2, 0) is 6.54 Å². The maximum Gasteiger partial charge on any atom is 0.321 e. The molecule has 3 aromatic rings. The molecule has 2 aliphatic heterocycles. The highest BCUT2D eigenvalue weighted by atomic mass is 19.1. The van der Waals surface area contributed by atoms with Crippen LogP contribution in [0.4, 0.5) is 14.9 Å². The van der Waals surface area contributed by atoms with E-state index in [0.29, 0.717) is 25.3 Å². The predicted octanol–water partition coefficient (Wildman–Crippen LogP) is 4.31. The number of hydrogen-bond acceptors (Lipinski definition) is 2. The number of nitrogens with zero attached hydrogens (tertiary/aromatic N) is 2. The van der Waals surface area contributed by atoms with E-state index < -0.39 is 0 Å². The molecule has 2 atom stereocenters. The SMILES string of the molecule is O=C(Nc1cccc(F)c1)N1C[C@@H]2C[C@H](C1)c1c(-c3ccccc3)ccc(=O)n1C2. The van der Waals surface area contributed by atoms with Crippen molar-refractivity contribution in [1.29, 1.82) is 0 Å². The molecular weight excluding hydrogens is 381 g/mol. The summed E-state index contributed by atoms with van der Waals surface area (Å²) in [7, 11) is 0. The van der Waals surface area contributed by atoms with E-state index in [9.17, 15) is 14.0 Å². The Balaban J connectivity index is 1.46. The second-order valence-corrected chi connectivity index (χ2v) is 8.09. The van der Waals surface area contributed by atoms with Crippen molar-refractivity contribution in [1.82, 2.24) is 9.47 Å². The molecule has 1 fully saturated rings. The molecule has 6 heteroatoms. The van der Waals surface area contributed by atoms with Gasteiger partial charge in [-0.25, -0.2) is 9.18 Å². The van der Waals surface area contributed by atoms with Crippen LogP contribution in [-0.4, -0.2) is 28.6 Å². The van der Waals surface area contributed by atoms with Crippen LogP contribution in [0.3, 0.4) is 0 Å². The number of halogens is 1. The summed E-state index contributed by atoms with van der Waals surface area (Å²) in [6, 6.07) is 19.3. The van der Waals surface area contributed by atoms with Gasteiger partial charge in [0.25, 0.3) is 5.56 Å². The fourth-order valence-electron chi connectivity index (χ4n) is 4.81. The number of amides is 2. The first-order valence-electron chi connectivity index (χ1n) is 10.2. The van der Waals surface area contributed by atoms with Gasteiger partial charge in [0, 0.05) is 48.6 Å². The quantitative estimate of drug-likeness (QED) is 0.693. The maximum absolute atomic E-state index is 13.5. The Morgan fingerprint density at radius 1 is 0.967 bits per heavy atom. The molecule has 2 aliphatic rings. The van der Waals surface area contributed by atoms with Crippen LogP contribution in [0.25, 0.3) is 11.1 Å². The first-order valence-corrected chi connectivity index (χ1v) is 10.2. The van der Waals surface area contributed by atoms with Crippen molar-refractivity contribution in [3.8, 4) is 11.1 Å². The number of urea groups is 1. The van der Waals surface area contributed by atoms with Gasteiger partial charge < -0.3 is 14.8 Å². The molecule has 1 N–H and O–H groups in total. The number of carbonyl (C=O) groups is 1. The summed E-state index contributed by atoms with van der Waals surface area (Å²) in [5, 5.41) is 2.80. The standard InChI is InChI=1S/C24H22FN3O2/c25-19-7-4-8-20(12-19)26-24(30)27-13-16-11-18(15-27)23-21(17-5-2-1-3-6-17)9-10-22(29)28(23)14-16/h1-10,12,16,18H,11,13-15H2,(H,26,30)/t16-,18+/m0/s1. The van der Waals surface area contributed by atoms with Crippen molar-refractivity contribution in [3.63, 3.8) is 0 Å². The lowest BCUT2D eigenvalue weighted by Gasteiger charge is -2.43. The number of carbonyl (C=O) groups excluding carboxylic acids is 1. The summed E-state index contributed by atoms with van der Waals surface area (Å²) in [4.78, 5) is 27.3. The summed E-state index contributed by atoms with van der Waals surface area (Å²) in [6.07, 6.45) is 0.951. The van der Waals surface area contributed by atoms with Crippen LogP contribution in [0.5, 0.6) is 0 Å². The molecule has 0 unspecified atom stereocenters. The van der Waals surface area contributed by atoms with Crippen molar-refractivity contribution in [3.05, 3.63) is 88.6 Å². The fourth-order valence-corrected chi connectivity index (χ4v) is 4.81. The van der Waals surface area contributed by atoms with Crippen molar-refractivity contribution in [2.24, 2.45) is 5.92 Å². The number of piperidine rings is 1. The fraction of sp³-hybridized carbons (Fsp3) is 0.250. The molecule has 3 heterocycles. The lowest BCUT2D eigenvalue weighted by atomic mass is 9.80. The van der Waals surface area contributed by atoms with Gasteiger partial charge in [-0.15, -0.1) is 0 Å².